The van der Waals surface area contributed by atoms with E-state index in [9.17, 15) is 4.39 Å². The van der Waals surface area contributed by atoms with Crippen molar-refractivity contribution in [2.45, 2.75) is 51.9 Å². The zero-order valence-electron chi connectivity index (χ0n) is 11.0. The van der Waals surface area contributed by atoms with Gasteiger partial charge in [0.15, 0.2) is 0 Å². The third kappa shape index (κ3) is 4.72. The fraction of sp³-hybridized carbons (Fsp3) is 0.500. The van der Waals surface area contributed by atoms with Gasteiger partial charge in [0, 0.05) is 5.92 Å². The van der Waals surface area contributed by atoms with E-state index < -0.39 is 0 Å². The van der Waals surface area contributed by atoms with E-state index in [-0.39, 0.29) is 5.82 Å². The second kappa shape index (κ2) is 7.26. The van der Waals surface area contributed by atoms with Crippen LogP contribution in [0.3, 0.4) is 0 Å². The molecule has 0 heterocycles. The van der Waals surface area contributed by atoms with Gasteiger partial charge in [-0.05, 0) is 30.5 Å². The molecular formula is C16H23F. The van der Waals surface area contributed by atoms with E-state index in [4.69, 9.17) is 0 Å². The molecule has 0 bridgehead atoms. The summed E-state index contributed by atoms with van der Waals surface area (Å²) in [6.45, 7) is 8.52. The van der Waals surface area contributed by atoms with Crippen LogP contribution in [-0.4, -0.2) is 0 Å². The number of halogens is 1. The Morgan fingerprint density at radius 1 is 1.18 bits per heavy atom. The van der Waals surface area contributed by atoms with Gasteiger partial charge in [-0.15, -0.1) is 0 Å². The van der Waals surface area contributed by atoms with Crippen molar-refractivity contribution in [3.05, 3.63) is 47.8 Å². The van der Waals surface area contributed by atoms with Crippen LogP contribution in [0, 0.1) is 5.82 Å². The van der Waals surface area contributed by atoms with Gasteiger partial charge < -0.3 is 0 Å². The van der Waals surface area contributed by atoms with Crippen molar-refractivity contribution in [3.63, 3.8) is 0 Å². The Morgan fingerprint density at radius 3 is 2.41 bits per heavy atom. The minimum absolute atomic E-state index is 0.172. The summed E-state index contributed by atoms with van der Waals surface area (Å²) >= 11 is 0. The molecule has 17 heavy (non-hydrogen) atoms. The molecule has 0 aliphatic rings. The quantitative estimate of drug-likeness (QED) is 0.434. The fourth-order valence-corrected chi connectivity index (χ4v) is 1.98. The molecule has 0 saturated heterocycles. The highest BCUT2D eigenvalue weighted by molar-refractivity contribution is 5.27. The van der Waals surface area contributed by atoms with Gasteiger partial charge >= 0.3 is 0 Å². The zero-order valence-corrected chi connectivity index (χ0v) is 11.0. The first-order chi connectivity index (χ1) is 8.15. The molecular weight excluding hydrogens is 211 g/mol. The van der Waals surface area contributed by atoms with Crippen molar-refractivity contribution < 1.29 is 4.39 Å². The number of hydrogen-bond acceptors (Lipinski definition) is 0. The molecule has 0 aliphatic carbocycles. The summed E-state index contributed by atoms with van der Waals surface area (Å²) in [7, 11) is 0. The Hall–Kier alpha value is -1.11. The van der Waals surface area contributed by atoms with Crippen molar-refractivity contribution in [2.24, 2.45) is 0 Å². The Labute approximate surface area is 105 Å². The minimum Gasteiger partial charge on any atom is -0.207 e. The molecule has 0 spiro atoms. The van der Waals surface area contributed by atoms with Crippen molar-refractivity contribution in [2.75, 3.05) is 0 Å². The fourth-order valence-electron chi connectivity index (χ4n) is 1.98. The van der Waals surface area contributed by atoms with Crippen LogP contribution in [0.25, 0.3) is 0 Å². The lowest BCUT2D eigenvalue weighted by Crippen LogP contribution is -1.97. The van der Waals surface area contributed by atoms with Crippen LogP contribution >= 0.6 is 0 Å². The minimum atomic E-state index is -0.172. The molecule has 0 N–H and O–H groups in total. The monoisotopic (exact) mass is 234 g/mol. The molecule has 0 saturated carbocycles. The number of hydrogen-bond donors (Lipinski definition) is 0. The first-order valence-corrected chi connectivity index (χ1v) is 6.58. The molecule has 0 nitrogen and oxygen atoms in total. The molecule has 1 atom stereocenters. The SMILES string of the molecule is C=C(CCCCCC)[C@H](C)c1ccc(F)cc1. The average molecular weight is 234 g/mol. The maximum atomic E-state index is 12.8. The number of unbranched alkanes of at least 4 members (excludes halogenated alkanes) is 3. The van der Waals surface area contributed by atoms with Gasteiger partial charge in [-0.2, -0.15) is 0 Å². The van der Waals surface area contributed by atoms with Gasteiger partial charge in [-0.25, -0.2) is 4.39 Å². The van der Waals surface area contributed by atoms with Crippen molar-refractivity contribution >= 4 is 0 Å². The second-order valence-electron chi connectivity index (χ2n) is 4.74. The van der Waals surface area contributed by atoms with E-state index in [0.29, 0.717) is 5.92 Å². The second-order valence-corrected chi connectivity index (χ2v) is 4.74. The van der Waals surface area contributed by atoms with E-state index in [0.717, 1.165) is 12.0 Å². The first kappa shape index (κ1) is 14.0. The molecule has 0 unspecified atom stereocenters. The largest absolute Gasteiger partial charge is 0.207 e. The van der Waals surface area contributed by atoms with E-state index in [1.54, 1.807) is 0 Å². The molecule has 94 valence electrons. The Balaban J connectivity index is 2.43. The third-order valence-corrected chi connectivity index (χ3v) is 3.33. The number of benzene rings is 1. The topological polar surface area (TPSA) is 0 Å². The summed E-state index contributed by atoms with van der Waals surface area (Å²) in [5.41, 5.74) is 2.42. The maximum Gasteiger partial charge on any atom is 0.123 e. The van der Waals surface area contributed by atoms with Crippen LogP contribution < -0.4 is 0 Å². The van der Waals surface area contributed by atoms with E-state index in [1.165, 1.54) is 43.4 Å². The highest BCUT2D eigenvalue weighted by Gasteiger charge is 2.09. The van der Waals surface area contributed by atoms with Gasteiger partial charge in [0.05, 0.1) is 0 Å². The molecule has 1 aromatic carbocycles. The zero-order chi connectivity index (χ0) is 12.7. The van der Waals surface area contributed by atoms with Gasteiger partial charge in [-0.3, -0.25) is 0 Å². The van der Waals surface area contributed by atoms with Crippen LogP contribution in [0.1, 0.15) is 57.4 Å². The van der Waals surface area contributed by atoms with Crippen molar-refractivity contribution in [1.82, 2.24) is 0 Å². The smallest absolute Gasteiger partial charge is 0.123 e. The summed E-state index contributed by atoms with van der Waals surface area (Å²) in [5, 5.41) is 0. The first-order valence-electron chi connectivity index (χ1n) is 6.58. The molecule has 0 aromatic heterocycles. The molecule has 1 aromatic rings. The molecule has 0 fully saturated rings. The highest BCUT2D eigenvalue weighted by atomic mass is 19.1. The lowest BCUT2D eigenvalue weighted by Gasteiger charge is -2.15. The third-order valence-electron chi connectivity index (χ3n) is 3.33. The van der Waals surface area contributed by atoms with Gasteiger partial charge in [0.25, 0.3) is 0 Å². The summed E-state index contributed by atoms with van der Waals surface area (Å²) in [5.74, 6) is 0.159. The van der Waals surface area contributed by atoms with Gasteiger partial charge in [0.1, 0.15) is 5.82 Å². The van der Waals surface area contributed by atoms with Gasteiger partial charge in [-0.1, -0.05) is 57.4 Å². The summed E-state index contributed by atoms with van der Waals surface area (Å²) in [4.78, 5) is 0. The normalized spacial score (nSPS) is 12.4. The Morgan fingerprint density at radius 2 is 1.82 bits per heavy atom. The van der Waals surface area contributed by atoms with E-state index in [2.05, 4.69) is 20.4 Å². The molecule has 0 radical (unpaired) electrons. The predicted octanol–water partition coefficient (Wildman–Crippen LogP) is 5.46. The summed E-state index contributed by atoms with van der Waals surface area (Å²) < 4.78 is 12.8. The number of allylic oxidation sites excluding steroid dienone is 1. The summed E-state index contributed by atoms with van der Waals surface area (Å²) in [6, 6.07) is 6.76. The maximum absolute atomic E-state index is 12.8. The van der Waals surface area contributed by atoms with E-state index in [1.807, 2.05) is 12.1 Å². The van der Waals surface area contributed by atoms with E-state index >= 15 is 0 Å². The van der Waals surface area contributed by atoms with Crippen LogP contribution in [0.15, 0.2) is 36.4 Å². The number of rotatable bonds is 7. The van der Waals surface area contributed by atoms with Gasteiger partial charge in [0.2, 0.25) is 0 Å². The average Bonchev–Trinajstić information content (AvgIpc) is 2.34. The van der Waals surface area contributed by atoms with Crippen LogP contribution in [-0.2, 0) is 0 Å². The summed E-state index contributed by atoms with van der Waals surface area (Å²) in [6.07, 6.45) is 6.15. The highest BCUT2D eigenvalue weighted by Crippen LogP contribution is 2.26. The van der Waals surface area contributed by atoms with Crippen LogP contribution in [0.5, 0.6) is 0 Å². The van der Waals surface area contributed by atoms with Crippen LogP contribution in [0.4, 0.5) is 4.39 Å². The lowest BCUT2D eigenvalue weighted by molar-refractivity contribution is 0.625. The van der Waals surface area contributed by atoms with Crippen LogP contribution in [0.2, 0.25) is 0 Å². The molecule has 1 heteroatoms. The molecule has 0 amide bonds. The predicted molar refractivity (Wildman–Crippen MR) is 72.7 cm³/mol. The lowest BCUT2D eigenvalue weighted by atomic mass is 9.90. The molecule has 0 aliphatic heterocycles. The van der Waals surface area contributed by atoms with Crippen molar-refractivity contribution in [1.29, 1.82) is 0 Å². The van der Waals surface area contributed by atoms with Crippen molar-refractivity contribution in [3.8, 4) is 0 Å². The standard InChI is InChI=1S/C16H23F/c1-4-5-6-7-8-13(2)14(3)15-9-11-16(17)12-10-15/h9-12,14H,2,4-8H2,1,3H3/t14-/m0/s1. The molecule has 1 rings (SSSR count). The Bertz CT molecular complexity index is 337. The Kier molecular flexibility index (Phi) is 5.96.